The highest BCUT2D eigenvalue weighted by atomic mass is 35.5. The summed E-state index contributed by atoms with van der Waals surface area (Å²) in [5.74, 6) is 0.0883. The van der Waals surface area contributed by atoms with Gasteiger partial charge in [0.2, 0.25) is 15.9 Å². The Morgan fingerprint density at radius 1 is 1.12 bits per heavy atom. The third kappa shape index (κ3) is 5.19. The number of benzene rings is 1. The highest BCUT2D eigenvalue weighted by Crippen LogP contribution is 2.36. The number of nitrogens with zero attached hydrogens (tertiary/aromatic N) is 1. The molecule has 0 unspecified atom stereocenters. The summed E-state index contributed by atoms with van der Waals surface area (Å²) in [6, 6.07) is 9.72. The topological polar surface area (TPSA) is 78.5 Å². The zero-order chi connectivity index (χ0) is 18.3. The van der Waals surface area contributed by atoms with Gasteiger partial charge in [-0.1, -0.05) is 37.3 Å². The molecular weight excluding hydrogens is 374 g/mol. The van der Waals surface area contributed by atoms with E-state index in [0.717, 1.165) is 18.7 Å². The molecule has 8 heteroatoms. The summed E-state index contributed by atoms with van der Waals surface area (Å²) in [5.41, 5.74) is 0.303. The van der Waals surface area contributed by atoms with Gasteiger partial charge in [-0.3, -0.25) is 4.79 Å². The van der Waals surface area contributed by atoms with E-state index in [2.05, 4.69) is 10.6 Å². The Balaban J connectivity index is 0.00000338. The largest absolute Gasteiger partial charge is 0.354 e. The summed E-state index contributed by atoms with van der Waals surface area (Å²) in [7, 11) is -3.21. The van der Waals surface area contributed by atoms with E-state index in [1.165, 1.54) is 4.31 Å². The van der Waals surface area contributed by atoms with Gasteiger partial charge in [0.1, 0.15) is 0 Å². The van der Waals surface area contributed by atoms with E-state index in [-0.39, 0.29) is 24.1 Å². The predicted octanol–water partition coefficient (Wildman–Crippen LogP) is 1.52. The summed E-state index contributed by atoms with van der Waals surface area (Å²) in [4.78, 5) is 13.0. The van der Waals surface area contributed by atoms with E-state index in [1.807, 2.05) is 37.3 Å². The summed E-state index contributed by atoms with van der Waals surface area (Å²) in [5, 5.41) is 6.22. The first-order chi connectivity index (χ1) is 12.0. The Labute approximate surface area is 163 Å². The van der Waals surface area contributed by atoms with Crippen LogP contribution in [-0.4, -0.2) is 57.1 Å². The number of piperidine rings is 1. The molecule has 2 rings (SSSR count). The summed E-state index contributed by atoms with van der Waals surface area (Å²) < 4.78 is 25.8. The lowest BCUT2D eigenvalue weighted by Gasteiger charge is -2.40. The van der Waals surface area contributed by atoms with Crippen molar-refractivity contribution in [3.8, 4) is 0 Å². The quantitative estimate of drug-likeness (QED) is 0.645. The van der Waals surface area contributed by atoms with Crippen molar-refractivity contribution in [2.45, 2.75) is 32.1 Å². The van der Waals surface area contributed by atoms with Gasteiger partial charge < -0.3 is 10.6 Å². The van der Waals surface area contributed by atoms with Gasteiger partial charge in [0.25, 0.3) is 0 Å². The molecule has 0 saturated carbocycles. The molecule has 2 N–H and O–H groups in total. The minimum Gasteiger partial charge on any atom is -0.354 e. The SMILES string of the molecule is CCNCCNC(=O)C1(c2ccccc2)CCN(S(=O)(=O)CC)CC1.Cl. The number of likely N-dealkylation sites (N-methyl/N-ethyl adjacent to an activating group) is 1. The fourth-order valence-corrected chi connectivity index (χ4v) is 4.45. The zero-order valence-corrected chi connectivity index (χ0v) is 17.2. The summed E-state index contributed by atoms with van der Waals surface area (Å²) in [6.45, 7) is 6.60. The third-order valence-corrected chi connectivity index (χ3v) is 6.81. The van der Waals surface area contributed by atoms with Crippen LogP contribution in [0.1, 0.15) is 32.3 Å². The lowest BCUT2D eigenvalue weighted by molar-refractivity contribution is -0.128. The summed E-state index contributed by atoms with van der Waals surface area (Å²) >= 11 is 0. The van der Waals surface area contributed by atoms with Gasteiger partial charge in [-0.15, -0.1) is 12.4 Å². The average molecular weight is 404 g/mol. The normalized spacial score (nSPS) is 17.3. The summed E-state index contributed by atoms with van der Waals surface area (Å²) in [6.07, 6.45) is 1.01. The Kier molecular flexibility index (Phi) is 9.03. The molecule has 148 valence electrons. The van der Waals surface area contributed by atoms with Crippen LogP contribution in [0.4, 0.5) is 0 Å². The van der Waals surface area contributed by atoms with Gasteiger partial charge in [-0.2, -0.15) is 0 Å². The van der Waals surface area contributed by atoms with E-state index in [0.29, 0.717) is 32.5 Å². The molecule has 0 atom stereocenters. The second-order valence-corrected chi connectivity index (χ2v) is 8.61. The van der Waals surface area contributed by atoms with Crippen molar-refractivity contribution in [3.05, 3.63) is 35.9 Å². The molecule has 1 heterocycles. The van der Waals surface area contributed by atoms with Crippen molar-refractivity contribution < 1.29 is 13.2 Å². The Morgan fingerprint density at radius 3 is 2.27 bits per heavy atom. The molecule has 0 radical (unpaired) electrons. The Bertz CT molecular complexity index is 660. The molecule has 1 amide bonds. The molecule has 1 saturated heterocycles. The van der Waals surface area contributed by atoms with Crippen LogP contribution in [0.15, 0.2) is 30.3 Å². The minimum atomic E-state index is -3.21. The molecule has 1 aromatic rings. The number of amides is 1. The zero-order valence-electron chi connectivity index (χ0n) is 15.5. The van der Waals surface area contributed by atoms with Crippen LogP contribution in [0.3, 0.4) is 0 Å². The fourth-order valence-electron chi connectivity index (χ4n) is 3.34. The van der Waals surface area contributed by atoms with Crippen molar-refractivity contribution in [2.75, 3.05) is 38.5 Å². The number of sulfonamides is 1. The molecule has 1 aliphatic rings. The predicted molar refractivity (Wildman–Crippen MR) is 107 cm³/mol. The van der Waals surface area contributed by atoms with Crippen LogP contribution in [0.25, 0.3) is 0 Å². The van der Waals surface area contributed by atoms with Gasteiger partial charge in [-0.25, -0.2) is 12.7 Å². The second kappa shape index (κ2) is 10.3. The molecule has 26 heavy (non-hydrogen) atoms. The highest BCUT2D eigenvalue weighted by molar-refractivity contribution is 7.89. The van der Waals surface area contributed by atoms with E-state index < -0.39 is 15.4 Å². The number of carbonyl (C=O) groups excluding carboxylic acids is 1. The number of carbonyl (C=O) groups is 1. The maximum Gasteiger partial charge on any atom is 0.230 e. The van der Waals surface area contributed by atoms with Crippen molar-refractivity contribution in [2.24, 2.45) is 0 Å². The number of rotatable bonds is 8. The smallest absolute Gasteiger partial charge is 0.230 e. The van der Waals surface area contributed by atoms with Crippen molar-refractivity contribution >= 4 is 28.3 Å². The maximum absolute atomic E-state index is 13.0. The molecule has 0 aliphatic carbocycles. The van der Waals surface area contributed by atoms with Crippen LogP contribution in [0, 0.1) is 0 Å². The first-order valence-electron chi connectivity index (χ1n) is 8.98. The lowest BCUT2D eigenvalue weighted by atomic mass is 9.72. The van der Waals surface area contributed by atoms with Gasteiger partial charge >= 0.3 is 0 Å². The van der Waals surface area contributed by atoms with Gasteiger partial charge in [-0.05, 0) is 31.9 Å². The Hall–Kier alpha value is -1.15. The molecular formula is C18H30ClN3O3S. The van der Waals surface area contributed by atoms with Crippen LogP contribution in [0.5, 0.6) is 0 Å². The molecule has 6 nitrogen and oxygen atoms in total. The van der Waals surface area contributed by atoms with Crippen molar-refractivity contribution in [1.82, 2.24) is 14.9 Å². The van der Waals surface area contributed by atoms with Gasteiger partial charge in [0.15, 0.2) is 0 Å². The van der Waals surface area contributed by atoms with Crippen LogP contribution < -0.4 is 10.6 Å². The van der Waals surface area contributed by atoms with Crippen molar-refractivity contribution in [1.29, 1.82) is 0 Å². The first-order valence-corrected chi connectivity index (χ1v) is 10.6. The van der Waals surface area contributed by atoms with E-state index in [4.69, 9.17) is 0 Å². The molecule has 1 fully saturated rings. The number of hydrogen-bond donors (Lipinski definition) is 2. The van der Waals surface area contributed by atoms with Crippen LogP contribution in [-0.2, 0) is 20.2 Å². The average Bonchev–Trinajstić information content (AvgIpc) is 2.65. The van der Waals surface area contributed by atoms with Gasteiger partial charge in [0.05, 0.1) is 11.2 Å². The monoisotopic (exact) mass is 403 g/mol. The van der Waals surface area contributed by atoms with E-state index in [9.17, 15) is 13.2 Å². The second-order valence-electron chi connectivity index (χ2n) is 6.36. The maximum atomic E-state index is 13.0. The van der Waals surface area contributed by atoms with Gasteiger partial charge in [0, 0.05) is 26.2 Å². The first kappa shape index (κ1) is 22.9. The fraction of sp³-hybridized carbons (Fsp3) is 0.611. The number of nitrogens with one attached hydrogen (secondary N) is 2. The van der Waals surface area contributed by atoms with E-state index in [1.54, 1.807) is 6.92 Å². The Morgan fingerprint density at radius 2 is 1.73 bits per heavy atom. The molecule has 1 aliphatic heterocycles. The molecule has 0 spiro atoms. The van der Waals surface area contributed by atoms with E-state index >= 15 is 0 Å². The third-order valence-electron chi connectivity index (χ3n) is 4.93. The molecule has 0 aromatic heterocycles. The van der Waals surface area contributed by atoms with Crippen LogP contribution >= 0.6 is 12.4 Å². The molecule has 1 aromatic carbocycles. The molecule has 0 bridgehead atoms. The minimum absolute atomic E-state index is 0. The number of hydrogen-bond acceptors (Lipinski definition) is 4. The van der Waals surface area contributed by atoms with Crippen molar-refractivity contribution in [3.63, 3.8) is 0 Å². The highest BCUT2D eigenvalue weighted by Gasteiger charge is 2.44. The standard InChI is InChI=1S/C18H29N3O3S.ClH/c1-3-19-12-13-20-17(22)18(16-8-6-5-7-9-16)10-14-21(15-11-18)25(23,24)4-2;/h5-9,19H,3-4,10-15H2,1-2H3,(H,20,22);1H. The lowest BCUT2D eigenvalue weighted by Crippen LogP contribution is -2.53. The van der Waals surface area contributed by atoms with Crippen LogP contribution in [0.2, 0.25) is 0 Å². The number of halogens is 1.